The number of Topliss-reactive ketones (excluding diaryl/α,β-unsaturated/α-hetero) is 1. The number of phosphoric ester groups is 1. The maximum Gasteiger partial charge on any atom is 0.524 e. The lowest BCUT2D eigenvalue weighted by Gasteiger charge is -2.47. The van der Waals surface area contributed by atoms with Gasteiger partial charge in [-0.15, -0.1) is 0 Å². The number of nitrogens with one attached hydrogen (secondary N) is 3. The van der Waals surface area contributed by atoms with E-state index < -0.39 is 188 Å². The number of esters is 1. The minimum Gasteiger partial charge on any atom is -0.481 e. The number of piperazine rings is 1. The van der Waals surface area contributed by atoms with E-state index in [0.29, 0.717) is 106 Å². The van der Waals surface area contributed by atoms with Crippen molar-refractivity contribution in [3.8, 4) is 28.8 Å². The summed E-state index contributed by atoms with van der Waals surface area (Å²) in [6.07, 6.45) is -17.9. The van der Waals surface area contributed by atoms with Crippen molar-refractivity contribution in [3.63, 3.8) is 0 Å². The van der Waals surface area contributed by atoms with Gasteiger partial charge in [0.15, 0.2) is 5.78 Å². The van der Waals surface area contributed by atoms with Gasteiger partial charge in [0.2, 0.25) is 12.2 Å². The van der Waals surface area contributed by atoms with Gasteiger partial charge >= 0.3 is 57.0 Å². The molecule has 8 rings (SSSR count). The molecule has 3 fully saturated rings. The zero-order valence-electron chi connectivity index (χ0n) is 60.4. The van der Waals surface area contributed by atoms with Crippen LogP contribution in [0, 0.1) is 47.1 Å². The number of hydrogen-bond acceptors (Lipinski definition) is 21. The number of rotatable bonds is 30. The fourth-order valence-corrected chi connectivity index (χ4v) is 13.5. The summed E-state index contributed by atoms with van der Waals surface area (Å²) in [5, 5.41) is 17.5. The first-order chi connectivity index (χ1) is 50.8. The Labute approximate surface area is 618 Å². The molecule has 5 heterocycles. The summed E-state index contributed by atoms with van der Waals surface area (Å²) < 4.78 is 200. The van der Waals surface area contributed by atoms with E-state index in [2.05, 4.69) is 46.2 Å². The number of halogens is 10. The van der Waals surface area contributed by atoms with Gasteiger partial charge in [0, 0.05) is 97.2 Å². The van der Waals surface area contributed by atoms with E-state index in [1.54, 1.807) is 5.32 Å². The normalized spacial score (nSPS) is 17.2. The zero-order valence-corrected chi connectivity index (χ0v) is 61.3. The molecule has 0 radical (unpaired) electrons. The Kier molecular flexibility index (Phi) is 26.9. The van der Waals surface area contributed by atoms with E-state index in [9.17, 15) is 61.8 Å². The number of anilines is 1. The first-order valence-electron chi connectivity index (χ1n) is 33.7. The number of hydrogen-bond donors (Lipinski definition) is 6. The molecule has 2 bridgehead atoms. The first-order valence-corrected chi connectivity index (χ1v) is 35.2. The summed E-state index contributed by atoms with van der Waals surface area (Å²) >= 11 is 0. The quantitative estimate of drug-likeness (QED) is 0.00473. The number of alkyl carbamates (subject to hydrolysis) is 2. The third-order valence-corrected chi connectivity index (χ3v) is 19.3. The minimum atomic E-state index is -5.39. The third kappa shape index (κ3) is 21.6. The van der Waals surface area contributed by atoms with Crippen LogP contribution in [-0.4, -0.2) is 189 Å². The number of aromatic nitrogens is 4. The highest BCUT2D eigenvalue weighted by molar-refractivity contribution is 7.46. The van der Waals surface area contributed by atoms with Crippen LogP contribution in [-0.2, 0) is 77.0 Å². The second-order valence-corrected chi connectivity index (χ2v) is 29.3. The Hall–Kier alpha value is -9.67. The highest BCUT2D eigenvalue weighted by atomic mass is 31.2. The van der Waals surface area contributed by atoms with Gasteiger partial charge in [-0.1, -0.05) is 43.9 Å². The second kappa shape index (κ2) is 34.5. The van der Waals surface area contributed by atoms with Gasteiger partial charge in [-0.25, -0.2) is 47.4 Å². The number of aryl methyl sites for hydroxylation is 1. The number of hydrazine groups is 1. The molecule has 2 aromatic heterocycles. The summed E-state index contributed by atoms with van der Waals surface area (Å²) in [6, 6.07) is 5.94. The number of carboxylic acid groups (broad SMARTS) is 1. The van der Waals surface area contributed by atoms with E-state index in [-0.39, 0.29) is 26.9 Å². The molecule has 3 amide bonds. The molecule has 0 spiro atoms. The molecule has 39 heteroatoms. The van der Waals surface area contributed by atoms with Crippen LogP contribution in [0.15, 0.2) is 73.2 Å². The first kappa shape index (κ1) is 84.9. The lowest BCUT2D eigenvalue weighted by Crippen LogP contribution is -2.62. The number of aliphatic carboxylic acids is 1. The molecule has 6 N–H and O–H groups in total. The molecular formula is C70H81F10N10O18P. The molecule has 2 unspecified atom stereocenters. The third-order valence-electron chi connectivity index (χ3n) is 18.9. The van der Waals surface area contributed by atoms with Gasteiger partial charge < -0.3 is 53.6 Å². The monoisotopic (exact) mass is 1570 g/mol. The molecule has 594 valence electrons. The summed E-state index contributed by atoms with van der Waals surface area (Å²) in [5.41, 5.74) is -7.26. The molecule has 0 saturated carbocycles. The number of phosphoric acid groups is 1. The number of methoxy groups -OCH3 is 2. The smallest absolute Gasteiger partial charge is 0.481 e. The van der Waals surface area contributed by atoms with Gasteiger partial charge in [0.1, 0.15) is 35.6 Å². The van der Waals surface area contributed by atoms with Gasteiger partial charge in [-0.2, -0.15) is 40.2 Å². The van der Waals surface area contributed by atoms with Crippen LogP contribution >= 0.6 is 7.82 Å². The number of amides is 3. The molecule has 3 aliphatic rings. The number of carboxylic acids is 1. The molecule has 3 saturated heterocycles. The van der Waals surface area contributed by atoms with Crippen LogP contribution in [0.4, 0.5) is 64.2 Å². The van der Waals surface area contributed by atoms with Crippen LogP contribution in [0.5, 0.6) is 5.75 Å². The lowest BCUT2D eigenvalue weighted by molar-refractivity contribution is -0.221. The number of carbonyl (C=O) groups is 7. The highest BCUT2D eigenvalue weighted by Crippen LogP contribution is 2.47. The second-order valence-electron chi connectivity index (χ2n) is 28.2. The van der Waals surface area contributed by atoms with E-state index in [4.69, 9.17) is 23.5 Å². The van der Waals surface area contributed by atoms with Gasteiger partial charge in [-0.05, 0) is 107 Å². The molecule has 28 nitrogen and oxygen atoms in total. The van der Waals surface area contributed by atoms with E-state index in [0.717, 1.165) is 52.3 Å². The molecule has 7 atom stereocenters. The fourth-order valence-electron chi connectivity index (χ4n) is 13.1. The predicted molar refractivity (Wildman–Crippen MR) is 362 cm³/mol. The van der Waals surface area contributed by atoms with Crippen molar-refractivity contribution < 1.29 is 130 Å². The molecule has 3 aliphatic heterocycles. The average Bonchev–Trinajstić information content (AvgIpc) is 1.75. The van der Waals surface area contributed by atoms with Crippen molar-refractivity contribution in [2.75, 3.05) is 52.0 Å². The maximum atomic E-state index is 16.7. The summed E-state index contributed by atoms with van der Waals surface area (Å²) in [4.78, 5) is 129. The Bertz CT molecular complexity index is 4230. The van der Waals surface area contributed by atoms with E-state index >= 15 is 35.1 Å². The largest absolute Gasteiger partial charge is 0.524 e. The van der Waals surface area contributed by atoms with Gasteiger partial charge in [0.05, 0.1) is 74.9 Å². The summed E-state index contributed by atoms with van der Waals surface area (Å²) in [6.45, 7) is 3.89. The standard InChI is InChI=1S/C70H81F10N10O18P/c1-37-21-44(27-55(92)93)57(53(22-37)108-109(99,100)101)66(3,4)28-56(94)105-38(2)106-65(98)107-54(34-88(86-60(95)59(84-64(97)103-10)68(7,8)70(78,79)80)33-48-49(71)24-42(25-50(48)72)51-19-20-89(85-51)61(73)74)43(26-52(91)58(83-63(96)102-9)67(5,6)69(75,76)77)23-40-14-11-39(12-15-40)13-16-41-29-81-62(82-30-41)87-31-45-17-18-46(32-87)90(45)47-35-104-36-47/h11-12,14-15,19-22,24-25,29-30,38,43,45-47,54,58-59,61H,17-18,23,26-28,31-36H2,1-10H3,(H,83,96)(H,84,97)(H,86,95)(H,92,93)(H2,99,100,101)/t38-,43-,45?,46?,54+,58-,59-/m1/s1. The highest BCUT2D eigenvalue weighted by Gasteiger charge is 2.58. The predicted octanol–water partition coefficient (Wildman–Crippen LogP) is 9.93. The summed E-state index contributed by atoms with van der Waals surface area (Å²) in [5.74, 6) is -5.16. The van der Waals surface area contributed by atoms with Crippen LogP contribution in [0.2, 0.25) is 0 Å². The number of nitrogens with zero attached hydrogens (tertiary/aromatic N) is 7. The van der Waals surface area contributed by atoms with Crippen LogP contribution in [0.1, 0.15) is 120 Å². The number of fused-ring (bicyclic) bond motifs is 2. The molecule has 5 aromatic rings. The lowest BCUT2D eigenvalue weighted by atomic mass is 9.77. The zero-order chi connectivity index (χ0) is 80.6. The topological polar surface area (TPSA) is 351 Å². The molecule has 109 heavy (non-hydrogen) atoms. The van der Waals surface area contributed by atoms with E-state index in [1.165, 1.54) is 63.5 Å². The van der Waals surface area contributed by atoms with Crippen molar-refractivity contribution in [1.29, 1.82) is 0 Å². The van der Waals surface area contributed by atoms with Gasteiger partial charge in [-0.3, -0.25) is 39.3 Å². The Balaban J connectivity index is 1.21. The van der Waals surface area contributed by atoms with E-state index in [1.807, 2.05) is 10.7 Å². The molecular weight excluding hydrogens is 1490 g/mol. The van der Waals surface area contributed by atoms with Crippen LogP contribution in [0.3, 0.4) is 0 Å². The number of ether oxygens (including phenoxy) is 6. The van der Waals surface area contributed by atoms with Crippen molar-refractivity contribution in [1.82, 2.24) is 45.7 Å². The van der Waals surface area contributed by atoms with Crippen LogP contribution in [0.25, 0.3) is 11.3 Å². The SMILES string of the molecule is COC(=O)N[C@H](C(=O)C[C@@H](Cc1ccc(C#Cc2cnc(N3CC4CCC(C3)N4C3COC3)nc2)cc1)[C@H](CN(Cc1c(F)cc(-c2ccn(C(F)F)n2)cc1F)NC(=O)[C@@H](NC(=O)OC)C(C)(C)C(F)(F)F)OC(=O)O[C@H](C)OC(=O)CC(C)(C)c1c(CC(=O)O)cc(C)cc1OP(=O)(O)O)C(C)(C)C(F)(F)F. The number of carbonyl (C=O) groups excluding carboxylic acids is 6. The minimum absolute atomic E-state index is 0.0641. The molecule has 0 aliphatic carbocycles. The Morgan fingerprint density at radius 1 is 0.771 bits per heavy atom. The Morgan fingerprint density at radius 3 is 1.86 bits per heavy atom. The van der Waals surface area contributed by atoms with Crippen molar-refractivity contribution >= 4 is 55.7 Å². The number of alkyl halides is 8. The Morgan fingerprint density at radius 2 is 1.34 bits per heavy atom. The maximum absolute atomic E-state index is 16.7. The average molecular weight is 1570 g/mol. The van der Waals surface area contributed by atoms with Crippen molar-refractivity contribution in [2.24, 2.45) is 16.7 Å². The molecule has 3 aromatic carbocycles. The van der Waals surface area contributed by atoms with Gasteiger partial charge in [0.25, 0.3) is 5.91 Å². The summed E-state index contributed by atoms with van der Waals surface area (Å²) in [7, 11) is -3.89. The number of ketones is 1. The fraction of sp³-hybridized carbons (Fsp3) is 0.514. The number of benzene rings is 3. The van der Waals surface area contributed by atoms with Crippen molar-refractivity contribution in [3.05, 3.63) is 124 Å². The van der Waals surface area contributed by atoms with Crippen LogP contribution < -0.4 is 25.5 Å². The van der Waals surface area contributed by atoms with Crippen molar-refractivity contribution in [2.45, 2.75) is 167 Å².